The summed E-state index contributed by atoms with van der Waals surface area (Å²) in [6.45, 7) is 3.14. The van der Waals surface area contributed by atoms with Gasteiger partial charge in [0.2, 0.25) is 0 Å². The highest BCUT2D eigenvalue weighted by Gasteiger charge is 2.42. The number of carbonyl (C=O) groups is 1. The van der Waals surface area contributed by atoms with Crippen molar-refractivity contribution in [3.63, 3.8) is 0 Å². The first-order chi connectivity index (χ1) is 9.00. The van der Waals surface area contributed by atoms with Crippen molar-refractivity contribution in [3.8, 4) is 0 Å². The lowest BCUT2D eigenvalue weighted by molar-refractivity contribution is -0.162. The number of aliphatic hydroxyl groups is 1. The van der Waals surface area contributed by atoms with E-state index < -0.39 is 17.5 Å². The van der Waals surface area contributed by atoms with E-state index >= 15 is 0 Å². The highest BCUT2D eigenvalue weighted by atomic mass is 16.5. The third kappa shape index (κ3) is 5.06. The number of carboxylic acid groups (broad SMARTS) is 1. The molecule has 0 saturated carbocycles. The minimum absolute atomic E-state index is 0.111. The lowest BCUT2D eigenvalue weighted by Crippen LogP contribution is -2.43. The van der Waals surface area contributed by atoms with E-state index in [-0.39, 0.29) is 25.7 Å². The first-order valence-corrected chi connectivity index (χ1v) is 6.60. The van der Waals surface area contributed by atoms with Gasteiger partial charge in [-0.2, -0.15) is 0 Å². The van der Waals surface area contributed by atoms with Crippen LogP contribution in [0, 0.1) is 5.41 Å². The SMILES string of the molecule is COCC(C)OCC(O)CC1(C(=O)O)CCCOC1. The fraction of sp³-hybridized carbons (Fsp3) is 0.923. The molecular formula is C13H24O6. The van der Waals surface area contributed by atoms with Crippen molar-refractivity contribution >= 4 is 5.97 Å². The van der Waals surface area contributed by atoms with E-state index in [1.165, 1.54) is 0 Å². The van der Waals surface area contributed by atoms with Gasteiger partial charge in [0, 0.05) is 13.7 Å². The third-order valence-electron chi connectivity index (χ3n) is 3.38. The number of aliphatic hydroxyl groups excluding tert-OH is 1. The average molecular weight is 276 g/mol. The van der Waals surface area contributed by atoms with Gasteiger partial charge in [0.1, 0.15) is 0 Å². The number of aliphatic carboxylic acids is 1. The molecule has 0 aromatic carbocycles. The summed E-state index contributed by atoms with van der Waals surface area (Å²) in [6, 6.07) is 0. The maximum absolute atomic E-state index is 11.4. The van der Waals surface area contributed by atoms with Gasteiger partial charge in [-0.15, -0.1) is 0 Å². The first kappa shape index (κ1) is 16.4. The van der Waals surface area contributed by atoms with Gasteiger partial charge in [-0.05, 0) is 26.2 Å². The molecule has 0 aliphatic carbocycles. The number of carboxylic acids is 1. The van der Waals surface area contributed by atoms with Crippen molar-refractivity contribution < 1.29 is 29.2 Å². The fourth-order valence-corrected chi connectivity index (χ4v) is 2.34. The van der Waals surface area contributed by atoms with Crippen molar-refractivity contribution in [2.75, 3.05) is 33.5 Å². The van der Waals surface area contributed by atoms with E-state index in [4.69, 9.17) is 14.2 Å². The van der Waals surface area contributed by atoms with Crippen LogP contribution in [-0.2, 0) is 19.0 Å². The molecule has 0 amide bonds. The molecule has 3 atom stereocenters. The second-order valence-corrected chi connectivity index (χ2v) is 5.20. The van der Waals surface area contributed by atoms with Gasteiger partial charge in [-0.1, -0.05) is 0 Å². The second-order valence-electron chi connectivity index (χ2n) is 5.20. The van der Waals surface area contributed by atoms with Crippen LogP contribution in [-0.4, -0.2) is 61.9 Å². The molecular weight excluding hydrogens is 252 g/mol. The molecule has 112 valence electrons. The molecule has 0 aromatic rings. The Bertz CT molecular complexity index is 274. The van der Waals surface area contributed by atoms with E-state index in [1.54, 1.807) is 7.11 Å². The zero-order valence-electron chi connectivity index (χ0n) is 11.6. The van der Waals surface area contributed by atoms with Gasteiger partial charge in [0.05, 0.1) is 37.4 Å². The van der Waals surface area contributed by atoms with Crippen LogP contribution in [0.1, 0.15) is 26.2 Å². The molecule has 0 radical (unpaired) electrons. The molecule has 1 aliphatic heterocycles. The Labute approximate surface area is 113 Å². The van der Waals surface area contributed by atoms with Gasteiger partial charge in [0.15, 0.2) is 0 Å². The lowest BCUT2D eigenvalue weighted by atomic mass is 9.78. The van der Waals surface area contributed by atoms with Crippen LogP contribution in [0.5, 0.6) is 0 Å². The maximum atomic E-state index is 11.4. The number of methoxy groups -OCH3 is 1. The fourth-order valence-electron chi connectivity index (χ4n) is 2.34. The molecule has 0 bridgehead atoms. The van der Waals surface area contributed by atoms with Gasteiger partial charge in [-0.25, -0.2) is 0 Å². The number of rotatable bonds is 8. The number of hydrogen-bond acceptors (Lipinski definition) is 5. The largest absolute Gasteiger partial charge is 0.481 e. The minimum Gasteiger partial charge on any atom is -0.481 e. The minimum atomic E-state index is -0.981. The van der Waals surface area contributed by atoms with Crippen molar-refractivity contribution in [3.05, 3.63) is 0 Å². The van der Waals surface area contributed by atoms with Crippen molar-refractivity contribution in [2.45, 2.75) is 38.4 Å². The molecule has 19 heavy (non-hydrogen) atoms. The zero-order chi connectivity index (χ0) is 14.3. The van der Waals surface area contributed by atoms with Gasteiger partial charge in [0.25, 0.3) is 0 Å². The van der Waals surface area contributed by atoms with Crippen molar-refractivity contribution in [1.29, 1.82) is 0 Å². The summed E-state index contributed by atoms with van der Waals surface area (Å²) in [5.74, 6) is -0.906. The lowest BCUT2D eigenvalue weighted by Gasteiger charge is -2.34. The Morgan fingerprint density at radius 2 is 2.21 bits per heavy atom. The molecule has 1 heterocycles. The molecule has 1 aliphatic rings. The first-order valence-electron chi connectivity index (χ1n) is 6.60. The summed E-state index contributed by atoms with van der Waals surface area (Å²) in [5, 5.41) is 19.3. The predicted octanol–water partition coefficient (Wildman–Crippen LogP) is 0.670. The molecule has 1 fully saturated rings. The van der Waals surface area contributed by atoms with Gasteiger partial charge >= 0.3 is 5.97 Å². The van der Waals surface area contributed by atoms with Crippen LogP contribution in [0.15, 0.2) is 0 Å². The summed E-state index contributed by atoms with van der Waals surface area (Å²) in [4.78, 5) is 11.4. The zero-order valence-corrected chi connectivity index (χ0v) is 11.6. The normalized spacial score (nSPS) is 26.9. The molecule has 3 unspecified atom stereocenters. The Morgan fingerprint density at radius 3 is 2.74 bits per heavy atom. The van der Waals surface area contributed by atoms with Gasteiger partial charge in [-0.3, -0.25) is 4.79 Å². The molecule has 0 aromatic heterocycles. The monoisotopic (exact) mass is 276 g/mol. The van der Waals surface area contributed by atoms with E-state index in [1.807, 2.05) is 6.92 Å². The van der Waals surface area contributed by atoms with Crippen LogP contribution in [0.4, 0.5) is 0 Å². The number of hydrogen-bond donors (Lipinski definition) is 2. The number of ether oxygens (including phenoxy) is 3. The van der Waals surface area contributed by atoms with Crippen LogP contribution in [0.3, 0.4) is 0 Å². The van der Waals surface area contributed by atoms with E-state index in [0.29, 0.717) is 26.1 Å². The summed E-state index contributed by atoms with van der Waals surface area (Å²) >= 11 is 0. The molecule has 1 saturated heterocycles. The van der Waals surface area contributed by atoms with E-state index in [9.17, 15) is 15.0 Å². The Kier molecular flexibility index (Phi) is 6.71. The average Bonchev–Trinajstić information content (AvgIpc) is 2.38. The van der Waals surface area contributed by atoms with Gasteiger partial charge < -0.3 is 24.4 Å². The standard InChI is InChI=1S/C13H24O6/c1-10(7-17-2)19-8-11(14)6-13(12(15)16)4-3-5-18-9-13/h10-11,14H,3-9H2,1-2H3,(H,15,16). The quantitative estimate of drug-likeness (QED) is 0.678. The highest BCUT2D eigenvalue weighted by Crippen LogP contribution is 2.34. The molecule has 0 spiro atoms. The summed E-state index contributed by atoms with van der Waals surface area (Å²) < 4.78 is 15.6. The van der Waals surface area contributed by atoms with Crippen LogP contribution < -0.4 is 0 Å². The maximum Gasteiger partial charge on any atom is 0.312 e. The smallest absolute Gasteiger partial charge is 0.312 e. The van der Waals surface area contributed by atoms with Crippen molar-refractivity contribution in [1.82, 2.24) is 0 Å². The molecule has 6 nitrogen and oxygen atoms in total. The van der Waals surface area contributed by atoms with Crippen LogP contribution in [0.25, 0.3) is 0 Å². The topological polar surface area (TPSA) is 85.2 Å². The summed E-state index contributed by atoms with van der Waals surface area (Å²) in [5.41, 5.74) is -0.981. The summed E-state index contributed by atoms with van der Waals surface area (Å²) in [7, 11) is 1.58. The molecule has 1 rings (SSSR count). The third-order valence-corrected chi connectivity index (χ3v) is 3.38. The molecule has 2 N–H and O–H groups in total. The second kappa shape index (κ2) is 7.79. The highest BCUT2D eigenvalue weighted by molar-refractivity contribution is 5.75. The van der Waals surface area contributed by atoms with Crippen molar-refractivity contribution in [2.24, 2.45) is 5.41 Å². The Balaban J connectivity index is 2.43. The van der Waals surface area contributed by atoms with E-state index in [2.05, 4.69) is 0 Å². The molecule has 6 heteroatoms. The van der Waals surface area contributed by atoms with Crippen LogP contribution in [0.2, 0.25) is 0 Å². The van der Waals surface area contributed by atoms with Crippen LogP contribution >= 0.6 is 0 Å². The predicted molar refractivity (Wildman–Crippen MR) is 68.0 cm³/mol. The summed E-state index contributed by atoms with van der Waals surface area (Å²) in [6.07, 6.45) is 0.467. The van der Waals surface area contributed by atoms with E-state index in [0.717, 1.165) is 0 Å². The Morgan fingerprint density at radius 1 is 1.47 bits per heavy atom. The Hall–Kier alpha value is -0.690.